The predicted molar refractivity (Wildman–Crippen MR) is 103 cm³/mol. The monoisotopic (exact) mass is 353 g/mol. The minimum atomic E-state index is -0.334. The first kappa shape index (κ1) is 17.8. The highest BCUT2D eigenvalue weighted by Crippen LogP contribution is 2.26. The Labute approximate surface area is 153 Å². The van der Waals surface area contributed by atoms with E-state index in [-0.39, 0.29) is 18.5 Å². The number of benzene rings is 2. The Kier molecular flexibility index (Phi) is 5.41. The average molecular weight is 353 g/mol. The van der Waals surface area contributed by atoms with Gasteiger partial charge in [-0.25, -0.2) is 4.79 Å². The minimum Gasteiger partial charge on any atom is -0.447 e. The molecule has 0 atom stereocenters. The smallest absolute Gasteiger partial charge is 0.414 e. The van der Waals surface area contributed by atoms with Crippen LogP contribution in [0.15, 0.2) is 42.5 Å². The van der Waals surface area contributed by atoms with E-state index in [2.05, 4.69) is 17.6 Å². The third-order valence-electron chi connectivity index (χ3n) is 4.33. The molecule has 136 valence electrons. The van der Waals surface area contributed by atoms with E-state index in [1.807, 2.05) is 49.4 Å². The van der Waals surface area contributed by atoms with Crippen molar-refractivity contribution in [2.45, 2.75) is 20.3 Å². The largest absolute Gasteiger partial charge is 0.447 e. The molecule has 0 bridgehead atoms. The molecule has 3 rings (SSSR count). The topological polar surface area (TPSA) is 70.7 Å². The lowest BCUT2D eigenvalue weighted by Gasteiger charge is -2.17. The molecule has 0 unspecified atom stereocenters. The number of rotatable bonds is 6. The van der Waals surface area contributed by atoms with Gasteiger partial charge in [0.15, 0.2) is 0 Å². The van der Waals surface area contributed by atoms with Gasteiger partial charge in [-0.2, -0.15) is 0 Å². The van der Waals surface area contributed by atoms with Crippen molar-refractivity contribution in [2.75, 3.05) is 35.2 Å². The molecular weight excluding hydrogens is 330 g/mol. The molecule has 0 spiro atoms. The number of carbonyl (C=O) groups excluding carboxylic acids is 2. The van der Waals surface area contributed by atoms with Crippen LogP contribution >= 0.6 is 0 Å². The fourth-order valence-corrected chi connectivity index (χ4v) is 2.88. The van der Waals surface area contributed by atoms with Crippen molar-refractivity contribution in [2.24, 2.45) is 0 Å². The highest BCUT2D eigenvalue weighted by molar-refractivity contribution is 5.94. The summed E-state index contributed by atoms with van der Waals surface area (Å²) in [6.45, 7) is 5.10. The van der Waals surface area contributed by atoms with Gasteiger partial charge in [0.2, 0.25) is 5.91 Å². The van der Waals surface area contributed by atoms with Gasteiger partial charge in [-0.05, 0) is 48.7 Å². The molecule has 2 aromatic carbocycles. The Hall–Kier alpha value is -3.02. The highest BCUT2D eigenvalue weighted by Gasteiger charge is 2.25. The van der Waals surface area contributed by atoms with E-state index in [1.165, 1.54) is 5.56 Å². The van der Waals surface area contributed by atoms with E-state index in [9.17, 15) is 9.59 Å². The van der Waals surface area contributed by atoms with Gasteiger partial charge < -0.3 is 15.4 Å². The molecule has 1 heterocycles. The van der Waals surface area contributed by atoms with E-state index >= 15 is 0 Å². The normalized spacial score (nSPS) is 13.5. The Morgan fingerprint density at radius 1 is 1.19 bits per heavy atom. The lowest BCUT2D eigenvalue weighted by Crippen LogP contribution is -2.25. The van der Waals surface area contributed by atoms with Gasteiger partial charge in [-0.1, -0.05) is 25.1 Å². The number of hydrogen-bond acceptors (Lipinski definition) is 4. The van der Waals surface area contributed by atoms with Crippen molar-refractivity contribution in [3.63, 3.8) is 0 Å². The summed E-state index contributed by atoms with van der Waals surface area (Å²) < 4.78 is 5.00. The number of hydrogen-bond donors (Lipinski definition) is 2. The molecule has 26 heavy (non-hydrogen) atoms. The van der Waals surface area contributed by atoms with Gasteiger partial charge in [0.25, 0.3) is 0 Å². The van der Waals surface area contributed by atoms with Gasteiger partial charge in [0.1, 0.15) is 6.61 Å². The summed E-state index contributed by atoms with van der Waals surface area (Å²) in [4.78, 5) is 25.6. The molecule has 1 aliphatic heterocycles. The molecular formula is C20H23N3O3. The molecule has 2 N–H and O–H groups in total. The number of carbonyl (C=O) groups is 2. The van der Waals surface area contributed by atoms with Gasteiger partial charge in [-0.3, -0.25) is 9.69 Å². The molecule has 0 aromatic heterocycles. The van der Waals surface area contributed by atoms with E-state index in [1.54, 1.807) is 4.90 Å². The Bertz CT molecular complexity index is 820. The molecule has 1 fully saturated rings. The Balaban J connectivity index is 1.62. The van der Waals surface area contributed by atoms with Gasteiger partial charge in [0.05, 0.1) is 18.8 Å². The van der Waals surface area contributed by atoms with Gasteiger partial charge in [0, 0.05) is 11.4 Å². The van der Waals surface area contributed by atoms with Crippen molar-refractivity contribution < 1.29 is 14.3 Å². The van der Waals surface area contributed by atoms with Crippen molar-refractivity contribution in [1.82, 2.24) is 0 Å². The standard InChI is InChI=1S/C20H23N3O3/c1-3-15-5-4-6-17(11-15)22-19(24)13-21-16-8-7-14(2)18(12-16)23-9-10-26-20(23)25/h4-8,11-12,21H,3,9-10,13H2,1-2H3,(H,22,24). The summed E-state index contributed by atoms with van der Waals surface area (Å²) in [5.74, 6) is -0.124. The lowest BCUT2D eigenvalue weighted by atomic mass is 10.1. The van der Waals surface area contributed by atoms with E-state index in [0.717, 1.165) is 29.0 Å². The summed E-state index contributed by atoms with van der Waals surface area (Å²) in [5, 5.41) is 6.00. The van der Waals surface area contributed by atoms with Crippen LogP contribution in [-0.2, 0) is 16.0 Å². The van der Waals surface area contributed by atoms with Crippen LogP contribution < -0.4 is 15.5 Å². The molecule has 2 aromatic rings. The second kappa shape index (κ2) is 7.91. The lowest BCUT2D eigenvalue weighted by molar-refractivity contribution is -0.114. The van der Waals surface area contributed by atoms with Crippen LogP contribution in [0.5, 0.6) is 0 Å². The van der Waals surface area contributed by atoms with Crippen molar-refractivity contribution >= 4 is 29.1 Å². The summed E-state index contributed by atoms with van der Waals surface area (Å²) in [6.07, 6.45) is 0.589. The second-order valence-corrected chi connectivity index (χ2v) is 6.22. The van der Waals surface area contributed by atoms with E-state index in [4.69, 9.17) is 4.74 Å². The molecule has 2 amide bonds. The third-order valence-corrected chi connectivity index (χ3v) is 4.33. The zero-order chi connectivity index (χ0) is 18.5. The zero-order valence-electron chi connectivity index (χ0n) is 15.0. The van der Waals surface area contributed by atoms with E-state index < -0.39 is 0 Å². The summed E-state index contributed by atoms with van der Waals surface area (Å²) in [5.41, 5.74) is 4.53. The quantitative estimate of drug-likeness (QED) is 0.833. The predicted octanol–water partition coefficient (Wildman–Crippen LogP) is 3.56. The summed E-state index contributed by atoms with van der Waals surface area (Å²) in [7, 11) is 0. The summed E-state index contributed by atoms with van der Waals surface area (Å²) in [6, 6.07) is 13.5. The van der Waals surface area contributed by atoms with Crippen LogP contribution in [0.4, 0.5) is 21.9 Å². The maximum Gasteiger partial charge on any atom is 0.414 e. The number of nitrogens with zero attached hydrogens (tertiary/aromatic N) is 1. The molecule has 1 aliphatic rings. The van der Waals surface area contributed by atoms with Crippen LogP contribution in [-0.4, -0.2) is 31.7 Å². The highest BCUT2D eigenvalue weighted by atomic mass is 16.6. The Morgan fingerprint density at radius 3 is 2.77 bits per heavy atom. The molecule has 0 saturated carbocycles. The molecule has 1 saturated heterocycles. The van der Waals surface area contributed by atoms with Crippen LogP contribution in [0.3, 0.4) is 0 Å². The number of ether oxygens (including phenoxy) is 1. The molecule has 6 heteroatoms. The van der Waals surface area contributed by atoms with Gasteiger partial charge in [-0.15, -0.1) is 0 Å². The van der Waals surface area contributed by atoms with Crippen molar-refractivity contribution in [1.29, 1.82) is 0 Å². The fourth-order valence-electron chi connectivity index (χ4n) is 2.88. The fraction of sp³-hybridized carbons (Fsp3) is 0.300. The van der Waals surface area contributed by atoms with Crippen LogP contribution in [0.25, 0.3) is 0 Å². The number of amides is 2. The van der Waals surface area contributed by atoms with Crippen LogP contribution in [0.1, 0.15) is 18.1 Å². The maximum atomic E-state index is 12.2. The molecule has 6 nitrogen and oxygen atoms in total. The summed E-state index contributed by atoms with van der Waals surface area (Å²) >= 11 is 0. The SMILES string of the molecule is CCc1cccc(NC(=O)CNc2ccc(C)c(N3CCOC3=O)c2)c1. The second-order valence-electron chi connectivity index (χ2n) is 6.22. The number of aryl methyl sites for hydroxylation is 2. The van der Waals surface area contributed by atoms with Crippen LogP contribution in [0, 0.1) is 6.92 Å². The minimum absolute atomic E-state index is 0.124. The van der Waals surface area contributed by atoms with Crippen molar-refractivity contribution in [3.8, 4) is 0 Å². The Morgan fingerprint density at radius 2 is 2.04 bits per heavy atom. The molecule has 0 aliphatic carbocycles. The third kappa shape index (κ3) is 4.14. The van der Waals surface area contributed by atoms with E-state index in [0.29, 0.717) is 13.2 Å². The van der Waals surface area contributed by atoms with Crippen LogP contribution in [0.2, 0.25) is 0 Å². The number of anilines is 3. The molecule has 0 radical (unpaired) electrons. The zero-order valence-corrected chi connectivity index (χ0v) is 15.0. The first-order valence-corrected chi connectivity index (χ1v) is 8.74. The first-order chi connectivity index (χ1) is 12.6. The maximum absolute atomic E-state index is 12.2. The number of nitrogens with one attached hydrogen (secondary N) is 2. The van der Waals surface area contributed by atoms with Gasteiger partial charge >= 0.3 is 6.09 Å². The van der Waals surface area contributed by atoms with Crippen molar-refractivity contribution in [3.05, 3.63) is 53.6 Å². The first-order valence-electron chi connectivity index (χ1n) is 8.74. The average Bonchev–Trinajstić information content (AvgIpc) is 3.07. The number of cyclic esters (lactones) is 1.